The van der Waals surface area contributed by atoms with Crippen LogP contribution in [0.5, 0.6) is 0 Å². The molecule has 2 heterocycles. The van der Waals surface area contributed by atoms with E-state index in [1.807, 2.05) is 37.7 Å². The van der Waals surface area contributed by atoms with E-state index < -0.39 is 0 Å². The number of guanidine groups is 1. The van der Waals surface area contributed by atoms with Gasteiger partial charge in [-0.3, -0.25) is 4.68 Å². The van der Waals surface area contributed by atoms with Crippen molar-refractivity contribution in [2.45, 2.75) is 40.2 Å². The molecule has 2 aromatic rings. The van der Waals surface area contributed by atoms with Crippen molar-refractivity contribution in [1.29, 1.82) is 0 Å². The molecule has 0 amide bonds. The van der Waals surface area contributed by atoms with Gasteiger partial charge in [0.2, 0.25) is 0 Å². The van der Waals surface area contributed by atoms with Crippen molar-refractivity contribution >= 4 is 29.9 Å². The normalized spacial score (nSPS) is 11.3. The summed E-state index contributed by atoms with van der Waals surface area (Å²) in [7, 11) is 1.96. The molecule has 0 fully saturated rings. The minimum atomic E-state index is 0. The van der Waals surface area contributed by atoms with Crippen LogP contribution in [0.25, 0.3) is 0 Å². The fourth-order valence-electron chi connectivity index (χ4n) is 2.66. The Hall–Kier alpha value is -1.55. The first kappa shape index (κ1) is 23.5. The molecule has 0 aliphatic carbocycles. The molecule has 2 rings (SSSR count). The zero-order valence-corrected chi connectivity index (χ0v) is 19.1. The topological polar surface area (TPSA) is 76.6 Å². The SMILES string of the molecule is CCOCCCNC(=NCc1c(C)nn(C)c1C)NCCc1ccco1.I. The van der Waals surface area contributed by atoms with Crippen LogP contribution in [-0.4, -0.2) is 42.0 Å². The molecule has 8 heteroatoms. The van der Waals surface area contributed by atoms with Gasteiger partial charge in [0.25, 0.3) is 0 Å². The number of aryl methyl sites for hydroxylation is 2. The summed E-state index contributed by atoms with van der Waals surface area (Å²) in [5.41, 5.74) is 3.35. The molecule has 2 N–H and O–H groups in total. The molecular weight excluding hydrogens is 457 g/mol. The average Bonchev–Trinajstić information content (AvgIpc) is 3.21. The van der Waals surface area contributed by atoms with Gasteiger partial charge in [-0.2, -0.15) is 5.10 Å². The molecule has 0 radical (unpaired) electrons. The number of rotatable bonds is 10. The molecule has 152 valence electrons. The number of ether oxygens (including phenoxy) is 1. The first-order valence-electron chi connectivity index (χ1n) is 9.23. The smallest absolute Gasteiger partial charge is 0.191 e. The molecule has 2 aromatic heterocycles. The lowest BCUT2D eigenvalue weighted by Gasteiger charge is -2.12. The predicted octanol–water partition coefficient (Wildman–Crippen LogP) is 2.95. The van der Waals surface area contributed by atoms with E-state index in [4.69, 9.17) is 14.1 Å². The second-order valence-electron chi connectivity index (χ2n) is 6.17. The number of furan rings is 1. The van der Waals surface area contributed by atoms with Crippen molar-refractivity contribution in [2.75, 3.05) is 26.3 Å². The Bertz CT molecular complexity index is 683. The Morgan fingerprint density at radius 3 is 2.70 bits per heavy atom. The summed E-state index contributed by atoms with van der Waals surface area (Å²) in [6, 6.07) is 3.89. The van der Waals surface area contributed by atoms with Gasteiger partial charge >= 0.3 is 0 Å². The van der Waals surface area contributed by atoms with Crippen LogP contribution in [0.2, 0.25) is 0 Å². The average molecular weight is 489 g/mol. The minimum Gasteiger partial charge on any atom is -0.469 e. The van der Waals surface area contributed by atoms with E-state index in [2.05, 4.69) is 22.7 Å². The molecule has 7 nitrogen and oxygen atoms in total. The van der Waals surface area contributed by atoms with Gasteiger partial charge in [0.1, 0.15) is 5.76 Å². The molecule has 0 aromatic carbocycles. The molecule has 0 atom stereocenters. The number of hydrogen-bond acceptors (Lipinski definition) is 4. The van der Waals surface area contributed by atoms with Gasteiger partial charge < -0.3 is 19.8 Å². The van der Waals surface area contributed by atoms with Crippen LogP contribution >= 0.6 is 24.0 Å². The number of nitrogens with zero attached hydrogens (tertiary/aromatic N) is 3. The maximum Gasteiger partial charge on any atom is 0.191 e. The van der Waals surface area contributed by atoms with E-state index in [1.165, 1.54) is 5.56 Å². The first-order chi connectivity index (χ1) is 12.6. The molecule has 0 aliphatic heterocycles. The van der Waals surface area contributed by atoms with Crippen LogP contribution in [-0.2, 0) is 24.8 Å². The summed E-state index contributed by atoms with van der Waals surface area (Å²) in [4.78, 5) is 4.74. The van der Waals surface area contributed by atoms with Crippen molar-refractivity contribution in [3.05, 3.63) is 41.1 Å². The van der Waals surface area contributed by atoms with Crippen LogP contribution in [0.15, 0.2) is 27.8 Å². The number of hydrogen-bond donors (Lipinski definition) is 2. The van der Waals surface area contributed by atoms with Crippen LogP contribution in [0.1, 0.15) is 36.1 Å². The van der Waals surface area contributed by atoms with Crippen LogP contribution < -0.4 is 10.6 Å². The quantitative estimate of drug-likeness (QED) is 0.232. The maximum absolute atomic E-state index is 5.39. The second kappa shape index (κ2) is 12.8. The summed E-state index contributed by atoms with van der Waals surface area (Å²) in [6.45, 7) is 9.79. The predicted molar refractivity (Wildman–Crippen MR) is 119 cm³/mol. The van der Waals surface area contributed by atoms with Crippen molar-refractivity contribution in [1.82, 2.24) is 20.4 Å². The highest BCUT2D eigenvalue weighted by Crippen LogP contribution is 2.12. The number of aromatic nitrogens is 2. The van der Waals surface area contributed by atoms with E-state index >= 15 is 0 Å². The standard InChI is InChI=1S/C19H31N5O2.HI/c1-5-25-12-7-10-20-19(21-11-9-17-8-6-13-26-17)22-14-18-15(2)23-24(4)16(18)3;/h6,8,13H,5,7,9-12,14H2,1-4H3,(H2,20,21,22);1H. The molecule has 0 unspecified atom stereocenters. The second-order valence-corrected chi connectivity index (χ2v) is 6.17. The molecule has 27 heavy (non-hydrogen) atoms. The van der Waals surface area contributed by atoms with Crippen molar-refractivity contribution in [3.8, 4) is 0 Å². The Labute approximate surface area is 179 Å². The zero-order valence-electron chi connectivity index (χ0n) is 16.7. The third kappa shape index (κ3) is 7.92. The Morgan fingerprint density at radius 1 is 1.30 bits per heavy atom. The maximum atomic E-state index is 5.39. The van der Waals surface area contributed by atoms with E-state index in [0.29, 0.717) is 6.54 Å². The summed E-state index contributed by atoms with van der Waals surface area (Å²) in [5, 5.41) is 11.2. The highest BCUT2D eigenvalue weighted by Gasteiger charge is 2.09. The third-order valence-corrected chi connectivity index (χ3v) is 4.26. The van der Waals surface area contributed by atoms with Gasteiger partial charge in [-0.25, -0.2) is 4.99 Å². The summed E-state index contributed by atoms with van der Waals surface area (Å²) in [6.07, 6.45) is 3.46. The highest BCUT2D eigenvalue weighted by atomic mass is 127. The van der Waals surface area contributed by atoms with Crippen LogP contribution in [0.4, 0.5) is 0 Å². The monoisotopic (exact) mass is 489 g/mol. The van der Waals surface area contributed by atoms with Crippen molar-refractivity contribution in [2.24, 2.45) is 12.0 Å². The fourth-order valence-corrected chi connectivity index (χ4v) is 2.66. The van der Waals surface area contributed by atoms with Crippen molar-refractivity contribution < 1.29 is 9.15 Å². The fraction of sp³-hybridized carbons (Fsp3) is 0.579. The zero-order chi connectivity index (χ0) is 18.8. The molecule has 0 spiro atoms. The Balaban J connectivity index is 0.00000364. The van der Waals surface area contributed by atoms with Gasteiger partial charge in [0, 0.05) is 51.0 Å². The first-order valence-corrected chi connectivity index (χ1v) is 9.23. The number of nitrogens with one attached hydrogen (secondary N) is 2. The lowest BCUT2D eigenvalue weighted by atomic mass is 10.2. The van der Waals surface area contributed by atoms with Gasteiger partial charge in [0.15, 0.2) is 5.96 Å². The summed E-state index contributed by atoms with van der Waals surface area (Å²) < 4.78 is 12.7. The molecule has 0 aliphatic rings. The minimum absolute atomic E-state index is 0. The molecule has 0 bridgehead atoms. The lowest BCUT2D eigenvalue weighted by molar-refractivity contribution is 0.145. The van der Waals surface area contributed by atoms with Crippen LogP contribution in [0.3, 0.4) is 0 Å². The van der Waals surface area contributed by atoms with Crippen molar-refractivity contribution in [3.63, 3.8) is 0 Å². The largest absolute Gasteiger partial charge is 0.469 e. The number of aliphatic imine (C=N–C) groups is 1. The van der Waals surface area contributed by atoms with Crippen LogP contribution in [0, 0.1) is 13.8 Å². The van der Waals surface area contributed by atoms with E-state index in [0.717, 1.165) is 62.3 Å². The lowest BCUT2D eigenvalue weighted by Crippen LogP contribution is -2.39. The van der Waals surface area contributed by atoms with Gasteiger partial charge in [-0.15, -0.1) is 24.0 Å². The number of halogens is 1. The van der Waals surface area contributed by atoms with E-state index in [-0.39, 0.29) is 24.0 Å². The molecule has 0 saturated carbocycles. The van der Waals surface area contributed by atoms with Gasteiger partial charge in [-0.1, -0.05) is 0 Å². The molecular formula is C19H32IN5O2. The third-order valence-electron chi connectivity index (χ3n) is 4.26. The Morgan fingerprint density at radius 2 is 2.07 bits per heavy atom. The van der Waals surface area contributed by atoms with E-state index in [1.54, 1.807) is 6.26 Å². The van der Waals surface area contributed by atoms with E-state index in [9.17, 15) is 0 Å². The van der Waals surface area contributed by atoms with Gasteiger partial charge in [0.05, 0.1) is 18.5 Å². The summed E-state index contributed by atoms with van der Waals surface area (Å²) in [5.74, 6) is 1.77. The molecule has 0 saturated heterocycles. The highest BCUT2D eigenvalue weighted by molar-refractivity contribution is 14.0. The Kier molecular flexibility index (Phi) is 11.1. The van der Waals surface area contributed by atoms with Gasteiger partial charge in [-0.05, 0) is 39.3 Å². The summed E-state index contributed by atoms with van der Waals surface area (Å²) >= 11 is 0.